The summed E-state index contributed by atoms with van der Waals surface area (Å²) in [6.45, 7) is 8.31. The van der Waals surface area contributed by atoms with Gasteiger partial charge in [-0.3, -0.25) is 14.3 Å². The predicted octanol–water partition coefficient (Wildman–Crippen LogP) is 7.91. The van der Waals surface area contributed by atoms with Gasteiger partial charge in [-0.15, -0.1) is 11.3 Å². The van der Waals surface area contributed by atoms with Gasteiger partial charge in [-0.25, -0.2) is 18.2 Å². The van der Waals surface area contributed by atoms with Crippen LogP contribution in [-0.2, 0) is 16.6 Å². The fourth-order valence-corrected chi connectivity index (χ4v) is 8.52. The number of hydrogen-bond acceptors (Lipinski definition) is 6. The Morgan fingerprint density at radius 3 is 2.60 bits per heavy atom. The first-order valence-corrected chi connectivity index (χ1v) is 17.9. The number of likely N-dealkylation sites (tertiary alicyclic amines) is 1. The lowest BCUT2D eigenvalue weighted by atomic mass is 9.94. The Kier molecular flexibility index (Phi) is 8.20. The number of rotatable bonds is 7. The Morgan fingerprint density at radius 2 is 1.85 bits per heavy atom. The van der Waals surface area contributed by atoms with Crippen LogP contribution in [0.1, 0.15) is 38.0 Å². The van der Waals surface area contributed by atoms with Crippen molar-refractivity contribution in [3.63, 3.8) is 0 Å². The lowest BCUT2D eigenvalue weighted by molar-refractivity contribution is -0.129. The second kappa shape index (κ2) is 12.7. The molecule has 1 saturated heterocycles. The molecule has 4 aromatic heterocycles. The van der Waals surface area contributed by atoms with Crippen molar-refractivity contribution >= 4 is 44.1 Å². The van der Waals surface area contributed by atoms with Crippen LogP contribution in [0.15, 0.2) is 66.7 Å². The van der Waals surface area contributed by atoms with Crippen LogP contribution in [0, 0.1) is 23.4 Å². The molecular weight excluding hydrogens is 690 g/mol. The molecule has 3 atom stereocenters. The third-order valence-electron chi connectivity index (χ3n) is 10.2. The average Bonchev–Trinajstić information content (AvgIpc) is 3.91. The van der Waals surface area contributed by atoms with Gasteiger partial charge in [0.15, 0.2) is 0 Å². The number of benzene rings is 2. The van der Waals surface area contributed by atoms with Crippen LogP contribution >= 0.6 is 11.3 Å². The molecule has 9 nitrogen and oxygen atoms in total. The second-order valence-electron chi connectivity index (χ2n) is 13.7. The number of amides is 2. The third kappa shape index (κ3) is 5.45. The summed E-state index contributed by atoms with van der Waals surface area (Å²) in [6, 6.07) is 10.8. The van der Waals surface area contributed by atoms with E-state index in [1.54, 1.807) is 22.9 Å². The number of carbonyl (C=O) groups excluding carboxylic acids is 2. The van der Waals surface area contributed by atoms with E-state index in [0.29, 0.717) is 34.9 Å². The number of fused-ring (bicyclic) bond motifs is 3. The normalized spacial score (nSPS) is 18.8. The number of hydrogen-bond donors (Lipinski definition) is 0. The number of thiophene rings is 1. The molecule has 6 aromatic rings. The van der Waals surface area contributed by atoms with E-state index in [2.05, 4.69) is 6.58 Å². The minimum Gasteiger partial charge on any atom is -0.492 e. The molecule has 6 heterocycles. The molecule has 2 amide bonds. The molecule has 13 heteroatoms. The average molecular weight is 725 g/mol. The van der Waals surface area contributed by atoms with Crippen LogP contribution in [0.3, 0.4) is 0 Å². The SMILES string of the molecule is C=CC(=O)N1C[C@H](C)n2nc(-c3nc(-c4ccc5c(ccn5C)c4)c4scc(F)c4c3-c3c(F)cc(F)cc3OC[C@@H]3CC(=O)N(C)C3)cc2[C@H]1C. The zero-order valence-electron chi connectivity index (χ0n) is 29.0. The molecule has 8 rings (SSSR count). The van der Waals surface area contributed by atoms with Crippen molar-refractivity contribution in [1.29, 1.82) is 0 Å². The van der Waals surface area contributed by atoms with Gasteiger partial charge in [0.25, 0.3) is 0 Å². The van der Waals surface area contributed by atoms with E-state index in [4.69, 9.17) is 14.8 Å². The van der Waals surface area contributed by atoms with Crippen LogP contribution < -0.4 is 4.74 Å². The summed E-state index contributed by atoms with van der Waals surface area (Å²) >= 11 is 1.14. The Balaban J connectivity index is 1.38. The van der Waals surface area contributed by atoms with Crippen LogP contribution in [0.25, 0.3) is 54.8 Å². The van der Waals surface area contributed by atoms with Gasteiger partial charge in [0.1, 0.15) is 34.6 Å². The van der Waals surface area contributed by atoms with E-state index < -0.39 is 17.5 Å². The first kappa shape index (κ1) is 33.7. The molecule has 266 valence electrons. The highest BCUT2D eigenvalue weighted by molar-refractivity contribution is 7.17. The number of ether oxygens (including phenoxy) is 1. The monoisotopic (exact) mass is 724 g/mol. The highest BCUT2D eigenvalue weighted by Crippen LogP contribution is 2.49. The third-order valence-corrected chi connectivity index (χ3v) is 11.2. The highest BCUT2D eigenvalue weighted by atomic mass is 32.1. The molecule has 2 aromatic carbocycles. The zero-order chi connectivity index (χ0) is 36.6. The van der Waals surface area contributed by atoms with Crippen molar-refractivity contribution in [1.82, 2.24) is 29.1 Å². The van der Waals surface area contributed by atoms with E-state index in [1.807, 2.05) is 60.6 Å². The quantitative estimate of drug-likeness (QED) is 0.156. The number of aromatic nitrogens is 4. The molecule has 0 radical (unpaired) electrons. The minimum absolute atomic E-state index is 0.0140. The summed E-state index contributed by atoms with van der Waals surface area (Å²) in [5.74, 6) is -3.04. The van der Waals surface area contributed by atoms with Gasteiger partial charge in [-0.05, 0) is 44.2 Å². The first-order chi connectivity index (χ1) is 24.9. The van der Waals surface area contributed by atoms with E-state index in [0.717, 1.165) is 39.9 Å². The van der Waals surface area contributed by atoms with Gasteiger partial charge >= 0.3 is 0 Å². The van der Waals surface area contributed by atoms with E-state index in [-0.39, 0.29) is 70.8 Å². The first-order valence-electron chi connectivity index (χ1n) is 17.0. The Morgan fingerprint density at radius 1 is 1.04 bits per heavy atom. The Labute approximate surface area is 301 Å². The second-order valence-corrected chi connectivity index (χ2v) is 14.6. The zero-order valence-corrected chi connectivity index (χ0v) is 29.8. The minimum atomic E-state index is -0.962. The molecule has 2 aliphatic rings. The van der Waals surface area contributed by atoms with Gasteiger partial charge in [-0.2, -0.15) is 5.10 Å². The van der Waals surface area contributed by atoms with E-state index >= 15 is 8.78 Å². The number of aryl methyl sites for hydroxylation is 1. The molecule has 0 aliphatic carbocycles. The van der Waals surface area contributed by atoms with Gasteiger partial charge in [0.2, 0.25) is 11.8 Å². The maximum Gasteiger partial charge on any atom is 0.246 e. The summed E-state index contributed by atoms with van der Waals surface area (Å²) < 4.78 is 58.1. The molecule has 52 heavy (non-hydrogen) atoms. The predicted molar refractivity (Wildman–Crippen MR) is 194 cm³/mol. The van der Waals surface area contributed by atoms with Crippen molar-refractivity contribution in [3.05, 3.63) is 89.8 Å². The molecular formula is C39H35F3N6O3S. The molecule has 0 saturated carbocycles. The summed E-state index contributed by atoms with van der Waals surface area (Å²) in [6.07, 6.45) is 3.47. The summed E-state index contributed by atoms with van der Waals surface area (Å²) in [7, 11) is 3.64. The maximum atomic E-state index is 16.4. The van der Waals surface area contributed by atoms with Gasteiger partial charge < -0.3 is 19.1 Å². The van der Waals surface area contributed by atoms with Gasteiger partial charge in [0.05, 0.1) is 40.3 Å². The molecule has 0 bridgehead atoms. The van der Waals surface area contributed by atoms with Crippen LogP contribution in [-0.4, -0.2) is 67.7 Å². The highest BCUT2D eigenvalue weighted by Gasteiger charge is 2.35. The summed E-state index contributed by atoms with van der Waals surface area (Å²) in [5.41, 5.74) is 3.30. The molecule has 0 spiro atoms. The molecule has 1 fully saturated rings. The van der Waals surface area contributed by atoms with E-state index in [1.165, 1.54) is 11.5 Å². The van der Waals surface area contributed by atoms with Crippen molar-refractivity contribution in [2.75, 3.05) is 26.7 Å². The standard InChI is InChI=1S/C39H35F3N6O3S/c1-6-32(49)47-16-20(2)48-30(21(47)3)15-28(44-48)38-36(34-26(41)13-25(40)14-31(34)51-18-22-11-33(50)46(5)17-22)35-27(42)19-52-39(35)37(43-38)24-7-8-29-23(12-24)9-10-45(29)4/h6-10,12-15,19-22H,1,11,16-18H2,2-5H3/t20-,21+,22+/m0/s1. The van der Waals surface area contributed by atoms with Gasteiger partial charge in [0, 0.05) is 90.6 Å². The Bertz CT molecular complexity index is 2450. The van der Waals surface area contributed by atoms with E-state index in [9.17, 15) is 14.0 Å². The van der Waals surface area contributed by atoms with Crippen molar-refractivity contribution in [2.45, 2.75) is 32.4 Å². The van der Waals surface area contributed by atoms with Crippen LogP contribution in [0.2, 0.25) is 0 Å². The van der Waals surface area contributed by atoms with Crippen LogP contribution in [0.4, 0.5) is 13.2 Å². The lowest BCUT2D eigenvalue weighted by Crippen LogP contribution is -2.42. The number of nitrogens with zero attached hydrogens (tertiary/aromatic N) is 6. The number of carbonyl (C=O) groups is 2. The van der Waals surface area contributed by atoms with Crippen LogP contribution in [0.5, 0.6) is 5.75 Å². The Hall–Kier alpha value is -5.43. The fourth-order valence-electron chi connectivity index (χ4n) is 7.58. The molecule has 0 unspecified atom stereocenters. The topological polar surface area (TPSA) is 85.5 Å². The smallest absolute Gasteiger partial charge is 0.246 e. The number of pyridine rings is 1. The largest absolute Gasteiger partial charge is 0.492 e. The van der Waals surface area contributed by atoms with Crippen molar-refractivity contribution in [2.24, 2.45) is 13.0 Å². The van der Waals surface area contributed by atoms with Gasteiger partial charge in [-0.1, -0.05) is 12.6 Å². The lowest BCUT2D eigenvalue weighted by Gasteiger charge is -2.36. The van der Waals surface area contributed by atoms with Crippen molar-refractivity contribution < 1.29 is 27.5 Å². The molecule has 2 aliphatic heterocycles. The maximum absolute atomic E-state index is 16.4. The van der Waals surface area contributed by atoms with Crippen molar-refractivity contribution in [3.8, 4) is 39.5 Å². The molecule has 0 N–H and O–H groups in total. The fraction of sp³-hybridized carbons (Fsp3) is 0.282. The summed E-state index contributed by atoms with van der Waals surface area (Å²) in [4.78, 5) is 33.5. The number of halogens is 3. The summed E-state index contributed by atoms with van der Waals surface area (Å²) in [5, 5.41) is 7.37.